The maximum absolute atomic E-state index is 12.2. The van der Waals surface area contributed by atoms with Gasteiger partial charge in [-0.3, -0.25) is 14.3 Å². The molecule has 110 valence electrons. The van der Waals surface area contributed by atoms with Crippen LogP contribution >= 0.6 is 0 Å². The van der Waals surface area contributed by atoms with Crippen LogP contribution in [0.5, 0.6) is 0 Å². The van der Waals surface area contributed by atoms with Crippen molar-refractivity contribution in [2.45, 2.75) is 51.1 Å². The number of nitrogens with one attached hydrogen (secondary N) is 1. The van der Waals surface area contributed by atoms with E-state index in [2.05, 4.69) is 10.4 Å². The van der Waals surface area contributed by atoms with Crippen LogP contribution in [0, 0.1) is 0 Å². The largest absolute Gasteiger partial charge is 0.396 e. The number of rotatable bonds is 4. The van der Waals surface area contributed by atoms with Gasteiger partial charge in [0, 0.05) is 12.2 Å². The van der Waals surface area contributed by atoms with Crippen molar-refractivity contribution in [2.24, 2.45) is 5.73 Å². The molecule has 0 spiro atoms. The first-order chi connectivity index (χ1) is 9.49. The van der Waals surface area contributed by atoms with E-state index >= 15 is 0 Å². The van der Waals surface area contributed by atoms with E-state index in [0.717, 1.165) is 25.7 Å². The molecule has 0 radical (unpaired) electrons. The zero-order chi connectivity index (χ0) is 14.7. The Morgan fingerprint density at radius 3 is 2.60 bits per heavy atom. The Balaban J connectivity index is 2.02. The highest BCUT2D eigenvalue weighted by molar-refractivity contribution is 5.95. The van der Waals surface area contributed by atoms with Crippen molar-refractivity contribution in [2.75, 3.05) is 5.73 Å². The van der Waals surface area contributed by atoms with Gasteiger partial charge >= 0.3 is 0 Å². The highest BCUT2D eigenvalue weighted by atomic mass is 16.2. The summed E-state index contributed by atoms with van der Waals surface area (Å²) in [5, 5.41) is 7.00. The van der Waals surface area contributed by atoms with Crippen molar-refractivity contribution in [1.82, 2.24) is 15.1 Å². The fourth-order valence-electron chi connectivity index (χ4n) is 2.48. The molecule has 20 heavy (non-hydrogen) atoms. The molecule has 1 saturated carbocycles. The van der Waals surface area contributed by atoms with E-state index in [1.54, 1.807) is 6.92 Å². The summed E-state index contributed by atoms with van der Waals surface area (Å²) in [6.07, 6.45) is 7.04. The third-order valence-electron chi connectivity index (χ3n) is 3.72. The molecule has 7 nitrogen and oxygen atoms in total. The smallest absolute Gasteiger partial charge is 0.271 e. The van der Waals surface area contributed by atoms with Gasteiger partial charge in [0.2, 0.25) is 5.91 Å². The number of aromatic nitrogens is 2. The summed E-state index contributed by atoms with van der Waals surface area (Å²) in [7, 11) is 0. The number of nitrogen functional groups attached to an aromatic ring is 1. The molecule has 0 aromatic carbocycles. The lowest BCUT2D eigenvalue weighted by Gasteiger charge is -2.24. The van der Waals surface area contributed by atoms with Gasteiger partial charge in [0.25, 0.3) is 5.91 Å². The molecular formula is C13H21N5O2. The van der Waals surface area contributed by atoms with Crippen molar-refractivity contribution >= 4 is 17.5 Å². The molecule has 1 aromatic rings. The number of hydrogen-bond acceptors (Lipinski definition) is 4. The number of nitrogens with zero attached hydrogens (tertiary/aromatic N) is 2. The summed E-state index contributed by atoms with van der Waals surface area (Å²) in [6, 6.07) is -0.283. The van der Waals surface area contributed by atoms with Crippen LogP contribution in [0.3, 0.4) is 0 Å². The van der Waals surface area contributed by atoms with Gasteiger partial charge in [-0.25, -0.2) is 0 Å². The highest BCUT2D eigenvalue weighted by Crippen LogP contribution is 2.19. The van der Waals surface area contributed by atoms with Crippen molar-refractivity contribution in [3.63, 3.8) is 0 Å². The standard InChI is InChI=1S/C13H21N5O2/c1-8(13(20)16-9-5-3-2-4-6-9)18-7-10(14)11(17-18)12(15)19/h7-9H,2-6,14H2,1H3,(H2,15,19)(H,16,20). The Morgan fingerprint density at radius 1 is 1.40 bits per heavy atom. The van der Waals surface area contributed by atoms with Crippen molar-refractivity contribution in [1.29, 1.82) is 0 Å². The van der Waals surface area contributed by atoms with Gasteiger partial charge in [0.05, 0.1) is 5.69 Å². The quantitative estimate of drug-likeness (QED) is 0.747. The zero-order valence-corrected chi connectivity index (χ0v) is 11.6. The minimum atomic E-state index is -0.693. The minimum Gasteiger partial charge on any atom is -0.396 e. The summed E-state index contributed by atoms with van der Waals surface area (Å²) in [4.78, 5) is 23.3. The fraction of sp³-hybridized carbons (Fsp3) is 0.615. The summed E-state index contributed by atoms with van der Waals surface area (Å²) >= 11 is 0. The molecule has 1 aliphatic rings. The molecule has 1 unspecified atom stereocenters. The van der Waals surface area contributed by atoms with Gasteiger partial charge in [-0.1, -0.05) is 19.3 Å². The highest BCUT2D eigenvalue weighted by Gasteiger charge is 2.23. The number of nitrogens with two attached hydrogens (primary N) is 2. The lowest BCUT2D eigenvalue weighted by molar-refractivity contribution is -0.125. The Labute approximate surface area is 117 Å². The van der Waals surface area contributed by atoms with E-state index in [1.165, 1.54) is 17.3 Å². The van der Waals surface area contributed by atoms with E-state index < -0.39 is 11.9 Å². The van der Waals surface area contributed by atoms with Gasteiger partial charge < -0.3 is 16.8 Å². The second-order valence-corrected chi connectivity index (χ2v) is 5.30. The van der Waals surface area contributed by atoms with Crippen LogP contribution in [-0.4, -0.2) is 27.6 Å². The van der Waals surface area contributed by atoms with Gasteiger partial charge in [0.1, 0.15) is 6.04 Å². The molecule has 0 bridgehead atoms. The number of amides is 2. The van der Waals surface area contributed by atoms with Crippen LogP contribution < -0.4 is 16.8 Å². The lowest BCUT2D eigenvalue weighted by atomic mass is 9.95. The molecule has 1 fully saturated rings. The Hall–Kier alpha value is -2.05. The van der Waals surface area contributed by atoms with Crippen LogP contribution in [-0.2, 0) is 4.79 Å². The minimum absolute atomic E-state index is 0.00214. The summed E-state index contributed by atoms with van der Waals surface area (Å²) in [5.41, 5.74) is 11.0. The monoisotopic (exact) mass is 279 g/mol. The van der Waals surface area contributed by atoms with E-state index in [4.69, 9.17) is 11.5 Å². The summed E-state index contributed by atoms with van der Waals surface area (Å²) < 4.78 is 1.38. The second kappa shape index (κ2) is 5.94. The van der Waals surface area contributed by atoms with Crippen LogP contribution in [0.4, 0.5) is 5.69 Å². The fourth-order valence-corrected chi connectivity index (χ4v) is 2.48. The average Bonchev–Trinajstić information content (AvgIpc) is 2.81. The molecule has 1 atom stereocenters. The predicted octanol–water partition coefficient (Wildman–Crippen LogP) is 0.574. The van der Waals surface area contributed by atoms with Crippen molar-refractivity contribution in [3.05, 3.63) is 11.9 Å². The summed E-state index contributed by atoms with van der Waals surface area (Å²) in [6.45, 7) is 1.72. The first-order valence-electron chi connectivity index (χ1n) is 6.94. The normalized spacial score (nSPS) is 17.6. The maximum Gasteiger partial charge on any atom is 0.271 e. The van der Waals surface area contributed by atoms with E-state index in [1.807, 2.05) is 0 Å². The topological polar surface area (TPSA) is 116 Å². The molecule has 5 N–H and O–H groups in total. The molecular weight excluding hydrogens is 258 g/mol. The predicted molar refractivity (Wildman–Crippen MR) is 74.9 cm³/mol. The molecule has 2 amide bonds. The number of anilines is 1. The lowest BCUT2D eigenvalue weighted by Crippen LogP contribution is -2.40. The van der Waals surface area contributed by atoms with E-state index in [-0.39, 0.29) is 23.3 Å². The Kier molecular flexibility index (Phi) is 4.26. The Morgan fingerprint density at radius 2 is 2.05 bits per heavy atom. The van der Waals surface area contributed by atoms with Gasteiger partial charge in [-0.2, -0.15) is 5.10 Å². The third kappa shape index (κ3) is 3.09. The van der Waals surface area contributed by atoms with Crippen LogP contribution in [0.2, 0.25) is 0 Å². The first kappa shape index (κ1) is 14.4. The van der Waals surface area contributed by atoms with Gasteiger partial charge in [-0.15, -0.1) is 0 Å². The average molecular weight is 279 g/mol. The van der Waals surface area contributed by atoms with E-state index in [9.17, 15) is 9.59 Å². The first-order valence-corrected chi connectivity index (χ1v) is 6.94. The SMILES string of the molecule is CC(C(=O)NC1CCCCC1)n1cc(N)c(C(N)=O)n1. The molecule has 1 heterocycles. The molecule has 1 aromatic heterocycles. The van der Waals surface area contributed by atoms with Gasteiger partial charge in [-0.05, 0) is 19.8 Å². The molecule has 7 heteroatoms. The van der Waals surface area contributed by atoms with Crippen molar-refractivity contribution in [3.8, 4) is 0 Å². The van der Waals surface area contributed by atoms with Crippen molar-refractivity contribution < 1.29 is 9.59 Å². The number of carbonyl (C=O) groups is 2. The second-order valence-electron chi connectivity index (χ2n) is 5.30. The Bertz CT molecular complexity index is 505. The van der Waals surface area contributed by atoms with Crippen LogP contribution in [0.15, 0.2) is 6.20 Å². The number of carbonyl (C=O) groups excluding carboxylic acids is 2. The molecule has 0 saturated heterocycles. The van der Waals surface area contributed by atoms with Crippen LogP contribution in [0.1, 0.15) is 55.6 Å². The maximum atomic E-state index is 12.2. The third-order valence-corrected chi connectivity index (χ3v) is 3.72. The number of hydrogen-bond donors (Lipinski definition) is 3. The molecule has 2 rings (SSSR count). The van der Waals surface area contributed by atoms with Gasteiger partial charge in [0.15, 0.2) is 5.69 Å². The zero-order valence-electron chi connectivity index (χ0n) is 11.6. The molecule has 1 aliphatic carbocycles. The molecule has 0 aliphatic heterocycles. The van der Waals surface area contributed by atoms with Crippen LogP contribution in [0.25, 0.3) is 0 Å². The number of primary amides is 1. The van der Waals surface area contributed by atoms with E-state index in [0.29, 0.717) is 0 Å². The summed E-state index contributed by atoms with van der Waals surface area (Å²) in [5.74, 6) is -0.809.